The molecule has 0 bridgehead atoms. The molecular formula is C15H30N2S. The molecule has 1 aliphatic carbocycles. The molecule has 1 saturated carbocycles. The summed E-state index contributed by atoms with van der Waals surface area (Å²) in [6.45, 7) is 7.21. The van der Waals surface area contributed by atoms with Gasteiger partial charge in [0.25, 0.3) is 0 Å². The topological polar surface area (TPSA) is 15.3 Å². The van der Waals surface area contributed by atoms with E-state index in [0.29, 0.717) is 0 Å². The highest BCUT2D eigenvalue weighted by molar-refractivity contribution is 7.99. The zero-order chi connectivity index (χ0) is 13.0. The molecule has 1 aliphatic heterocycles. The Hall–Kier alpha value is 0.270. The normalized spacial score (nSPS) is 32.0. The Kier molecular flexibility index (Phi) is 5.84. The van der Waals surface area contributed by atoms with Crippen molar-refractivity contribution in [2.24, 2.45) is 0 Å². The monoisotopic (exact) mass is 270 g/mol. The molecule has 2 nitrogen and oxygen atoms in total. The van der Waals surface area contributed by atoms with E-state index in [1.165, 1.54) is 51.6 Å². The summed E-state index contributed by atoms with van der Waals surface area (Å²) in [4.78, 5) is 2.61. The maximum Gasteiger partial charge on any atom is 0.00940 e. The van der Waals surface area contributed by atoms with Crippen molar-refractivity contribution >= 4 is 11.8 Å². The van der Waals surface area contributed by atoms with Gasteiger partial charge in [0.2, 0.25) is 0 Å². The Labute approximate surface area is 117 Å². The summed E-state index contributed by atoms with van der Waals surface area (Å²) in [5, 5.41) is 4.85. The van der Waals surface area contributed by atoms with Crippen LogP contribution in [-0.2, 0) is 0 Å². The molecule has 2 unspecified atom stereocenters. The smallest absolute Gasteiger partial charge is 0.00940 e. The van der Waals surface area contributed by atoms with Gasteiger partial charge in [0.05, 0.1) is 0 Å². The minimum atomic E-state index is 0.724. The van der Waals surface area contributed by atoms with Crippen LogP contribution in [-0.4, -0.2) is 47.6 Å². The number of piperidine rings is 1. The lowest BCUT2D eigenvalue weighted by atomic mass is 9.93. The van der Waals surface area contributed by atoms with Crippen LogP contribution < -0.4 is 5.32 Å². The van der Waals surface area contributed by atoms with E-state index in [-0.39, 0.29) is 0 Å². The highest BCUT2D eigenvalue weighted by Crippen LogP contribution is 2.27. The van der Waals surface area contributed by atoms with Crippen molar-refractivity contribution in [2.45, 2.75) is 75.7 Å². The van der Waals surface area contributed by atoms with E-state index < -0.39 is 0 Å². The summed E-state index contributed by atoms with van der Waals surface area (Å²) < 4.78 is 0. The van der Waals surface area contributed by atoms with Gasteiger partial charge < -0.3 is 10.2 Å². The number of likely N-dealkylation sites (tertiary alicyclic amines) is 1. The molecule has 3 heteroatoms. The number of nitrogens with zero attached hydrogens (tertiary/aromatic N) is 1. The number of hydrogen-bond donors (Lipinski definition) is 1. The molecule has 1 saturated heterocycles. The number of thioether (sulfide) groups is 1. The lowest BCUT2D eigenvalue weighted by Gasteiger charge is -2.38. The quantitative estimate of drug-likeness (QED) is 0.845. The second-order valence-corrected chi connectivity index (χ2v) is 7.43. The van der Waals surface area contributed by atoms with Gasteiger partial charge >= 0.3 is 0 Å². The second-order valence-electron chi connectivity index (χ2n) is 6.29. The number of rotatable bonds is 4. The van der Waals surface area contributed by atoms with Gasteiger partial charge in [-0.1, -0.05) is 6.42 Å². The van der Waals surface area contributed by atoms with Gasteiger partial charge in [0.15, 0.2) is 0 Å². The van der Waals surface area contributed by atoms with Crippen LogP contribution in [0.1, 0.15) is 52.4 Å². The van der Waals surface area contributed by atoms with Crippen LogP contribution in [0, 0.1) is 0 Å². The lowest BCUT2D eigenvalue weighted by molar-refractivity contribution is 0.152. The Balaban J connectivity index is 1.71. The molecule has 0 aromatic carbocycles. The zero-order valence-corrected chi connectivity index (χ0v) is 13.1. The third kappa shape index (κ3) is 4.14. The Morgan fingerprint density at radius 3 is 2.39 bits per heavy atom. The third-order valence-corrected chi connectivity index (χ3v) is 5.79. The minimum absolute atomic E-state index is 0.724. The lowest BCUT2D eigenvalue weighted by Crippen LogP contribution is -2.49. The van der Waals surface area contributed by atoms with Crippen molar-refractivity contribution in [1.29, 1.82) is 0 Å². The third-order valence-electron chi connectivity index (χ3n) is 4.69. The fraction of sp³-hybridized carbons (Fsp3) is 1.00. The Morgan fingerprint density at radius 2 is 1.78 bits per heavy atom. The van der Waals surface area contributed by atoms with Crippen LogP contribution in [0.15, 0.2) is 0 Å². The van der Waals surface area contributed by atoms with Crippen LogP contribution in [0.4, 0.5) is 0 Å². The van der Waals surface area contributed by atoms with E-state index in [2.05, 4.69) is 42.1 Å². The fourth-order valence-corrected chi connectivity index (χ4v) is 4.25. The molecule has 0 amide bonds. The summed E-state index contributed by atoms with van der Waals surface area (Å²) in [5.41, 5.74) is 0. The van der Waals surface area contributed by atoms with Crippen LogP contribution in [0.2, 0.25) is 0 Å². The van der Waals surface area contributed by atoms with E-state index in [4.69, 9.17) is 0 Å². The van der Waals surface area contributed by atoms with E-state index in [9.17, 15) is 0 Å². The Bertz CT molecular complexity index is 237. The number of nitrogens with one attached hydrogen (secondary N) is 1. The molecular weight excluding hydrogens is 240 g/mol. The van der Waals surface area contributed by atoms with Gasteiger partial charge in [-0.3, -0.25) is 0 Å². The molecule has 0 spiro atoms. The van der Waals surface area contributed by atoms with Crippen LogP contribution in [0.5, 0.6) is 0 Å². The van der Waals surface area contributed by atoms with E-state index in [1.54, 1.807) is 0 Å². The van der Waals surface area contributed by atoms with Gasteiger partial charge in [-0.05, 0) is 65.3 Å². The summed E-state index contributed by atoms with van der Waals surface area (Å²) in [7, 11) is 0. The van der Waals surface area contributed by atoms with E-state index in [0.717, 1.165) is 23.4 Å². The summed E-state index contributed by atoms with van der Waals surface area (Å²) >= 11 is 2.07. The molecule has 2 atom stereocenters. The first-order valence-corrected chi connectivity index (χ1v) is 9.00. The summed E-state index contributed by atoms with van der Waals surface area (Å²) in [6.07, 6.45) is 10.6. The highest BCUT2D eigenvalue weighted by Gasteiger charge is 2.26. The SMILES string of the molecule is CSC1CCCC(NC2CCN(C(C)C)CC2)C1. The predicted molar refractivity (Wildman–Crippen MR) is 82.4 cm³/mol. The van der Waals surface area contributed by atoms with Gasteiger partial charge in [0.1, 0.15) is 0 Å². The standard InChI is InChI=1S/C15H30N2S/c1-12(2)17-9-7-13(8-10-17)16-14-5-4-6-15(11-14)18-3/h12-16H,4-11H2,1-3H3. The molecule has 2 fully saturated rings. The second kappa shape index (κ2) is 7.16. The van der Waals surface area contributed by atoms with Gasteiger partial charge in [-0.15, -0.1) is 0 Å². The summed E-state index contributed by atoms with van der Waals surface area (Å²) in [5.74, 6) is 0. The highest BCUT2D eigenvalue weighted by atomic mass is 32.2. The molecule has 2 rings (SSSR count). The molecule has 106 valence electrons. The molecule has 0 radical (unpaired) electrons. The van der Waals surface area contributed by atoms with Crippen molar-refractivity contribution in [1.82, 2.24) is 10.2 Å². The van der Waals surface area contributed by atoms with Crippen molar-refractivity contribution in [3.05, 3.63) is 0 Å². The molecule has 2 aliphatic rings. The van der Waals surface area contributed by atoms with Gasteiger partial charge in [0, 0.05) is 23.4 Å². The van der Waals surface area contributed by atoms with Gasteiger partial charge in [-0.2, -0.15) is 11.8 Å². The zero-order valence-electron chi connectivity index (χ0n) is 12.3. The number of hydrogen-bond acceptors (Lipinski definition) is 3. The van der Waals surface area contributed by atoms with Crippen molar-refractivity contribution < 1.29 is 0 Å². The molecule has 18 heavy (non-hydrogen) atoms. The largest absolute Gasteiger partial charge is 0.311 e. The van der Waals surface area contributed by atoms with E-state index >= 15 is 0 Å². The van der Waals surface area contributed by atoms with Gasteiger partial charge in [-0.25, -0.2) is 0 Å². The maximum atomic E-state index is 3.94. The van der Waals surface area contributed by atoms with Crippen LogP contribution in [0.25, 0.3) is 0 Å². The average molecular weight is 270 g/mol. The van der Waals surface area contributed by atoms with Crippen molar-refractivity contribution in [3.8, 4) is 0 Å². The Morgan fingerprint density at radius 1 is 1.06 bits per heavy atom. The molecule has 1 heterocycles. The van der Waals surface area contributed by atoms with E-state index in [1.807, 2.05) is 0 Å². The molecule has 1 N–H and O–H groups in total. The first-order valence-electron chi connectivity index (χ1n) is 7.72. The minimum Gasteiger partial charge on any atom is -0.311 e. The molecule has 0 aromatic heterocycles. The maximum absolute atomic E-state index is 3.94. The van der Waals surface area contributed by atoms with Crippen molar-refractivity contribution in [2.75, 3.05) is 19.3 Å². The van der Waals surface area contributed by atoms with Crippen LogP contribution >= 0.6 is 11.8 Å². The summed E-state index contributed by atoms with van der Waals surface area (Å²) in [6, 6.07) is 2.30. The molecule has 0 aromatic rings. The first kappa shape index (κ1) is 14.7. The average Bonchev–Trinajstić information content (AvgIpc) is 2.39. The first-order chi connectivity index (χ1) is 8.69. The fourth-order valence-electron chi connectivity index (χ4n) is 3.43. The van der Waals surface area contributed by atoms with Crippen molar-refractivity contribution in [3.63, 3.8) is 0 Å². The predicted octanol–water partition coefficient (Wildman–Crippen LogP) is 3.12. The van der Waals surface area contributed by atoms with Crippen LogP contribution in [0.3, 0.4) is 0 Å².